The van der Waals surface area contributed by atoms with Gasteiger partial charge in [0.05, 0.1) is 17.3 Å². The Bertz CT molecular complexity index is 684. The molecule has 1 amide bonds. The van der Waals surface area contributed by atoms with Gasteiger partial charge < -0.3 is 11.1 Å². The molecule has 23 heavy (non-hydrogen) atoms. The van der Waals surface area contributed by atoms with Crippen molar-refractivity contribution in [3.63, 3.8) is 0 Å². The van der Waals surface area contributed by atoms with E-state index in [1.165, 1.54) is 5.56 Å². The fraction of sp³-hybridized carbons (Fsp3) is 0.316. The van der Waals surface area contributed by atoms with Gasteiger partial charge in [-0.25, -0.2) is 0 Å². The van der Waals surface area contributed by atoms with Crippen LogP contribution in [0.1, 0.15) is 17.5 Å². The Kier molecular flexibility index (Phi) is 4.63. The molecule has 1 aliphatic heterocycles. The molecule has 3 rings (SSSR count). The topological polar surface area (TPSA) is 58.4 Å². The molecule has 0 spiro atoms. The van der Waals surface area contributed by atoms with E-state index < -0.39 is 0 Å². The standard InChI is InChI=1S/C19H23N3O/c1-14-7-8-18(17(20)11-14)21-19(23)16-9-10-22(13-16)12-15-5-3-2-4-6-15/h2-8,11,16H,9-10,12-13,20H2,1H3,(H,21,23). The minimum absolute atomic E-state index is 0.0272. The molecule has 1 atom stereocenters. The van der Waals surface area contributed by atoms with Gasteiger partial charge in [-0.3, -0.25) is 9.69 Å². The third-order valence-electron chi connectivity index (χ3n) is 4.36. The molecule has 2 aromatic carbocycles. The molecule has 4 nitrogen and oxygen atoms in total. The smallest absolute Gasteiger partial charge is 0.228 e. The van der Waals surface area contributed by atoms with Crippen molar-refractivity contribution in [3.05, 3.63) is 59.7 Å². The molecule has 4 heteroatoms. The predicted molar refractivity (Wildman–Crippen MR) is 94.0 cm³/mol. The minimum Gasteiger partial charge on any atom is -0.397 e. The summed E-state index contributed by atoms with van der Waals surface area (Å²) in [6.45, 7) is 4.64. The lowest BCUT2D eigenvalue weighted by Crippen LogP contribution is -2.27. The second-order valence-electron chi connectivity index (χ2n) is 6.29. The van der Waals surface area contributed by atoms with Crippen LogP contribution in [0.2, 0.25) is 0 Å². The number of nitrogens with zero attached hydrogens (tertiary/aromatic N) is 1. The Hall–Kier alpha value is -2.33. The highest BCUT2D eigenvalue weighted by molar-refractivity contribution is 5.95. The number of nitrogens with one attached hydrogen (secondary N) is 1. The van der Waals surface area contributed by atoms with Crippen molar-refractivity contribution in [3.8, 4) is 0 Å². The largest absolute Gasteiger partial charge is 0.397 e. The van der Waals surface area contributed by atoms with E-state index in [4.69, 9.17) is 5.73 Å². The monoisotopic (exact) mass is 309 g/mol. The van der Waals surface area contributed by atoms with E-state index in [-0.39, 0.29) is 11.8 Å². The number of likely N-dealkylation sites (tertiary alicyclic amines) is 1. The van der Waals surface area contributed by atoms with Gasteiger partial charge in [0.25, 0.3) is 0 Å². The molecule has 0 bridgehead atoms. The SMILES string of the molecule is Cc1ccc(NC(=O)C2CCN(Cc3ccccc3)C2)c(N)c1. The van der Waals surface area contributed by atoms with Crippen LogP contribution in [0.3, 0.4) is 0 Å². The fourth-order valence-electron chi connectivity index (χ4n) is 3.06. The Morgan fingerprint density at radius 2 is 2.04 bits per heavy atom. The summed E-state index contributed by atoms with van der Waals surface area (Å²) in [5.41, 5.74) is 9.69. The highest BCUT2D eigenvalue weighted by Crippen LogP contribution is 2.23. The quantitative estimate of drug-likeness (QED) is 0.854. The summed E-state index contributed by atoms with van der Waals surface area (Å²) in [4.78, 5) is 14.8. The van der Waals surface area contributed by atoms with E-state index in [0.717, 1.165) is 31.6 Å². The van der Waals surface area contributed by atoms with Gasteiger partial charge >= 0.3 is 0 Å². The maximum absolute atomic E-state index is 12.5. The van der Waals surface area contributed by atoms with E-state index in [0.29, 0.717) is 11.4 Å². The van der Waals surface area contributed by atoms with Crippen LogP contribution in [-0.2, 0) is 11.3 Å². The van der Waals surface area contributed by atoms with Crippen molar-refractivity contribution < 1.29 is 4.79 Å². The molecule has 1 aliphatic rings. The maximum atomic E-state index is 12.5. The lowest BCUT2D eigenvalue weighted by molar-refractivity contribution is -0.119. The van der Waals surface area contributed by atoms with Crippen molar-refractivity contribution in [2.24, 2.45) is 5.92 Å². The molecule has 0 aromatic heterocycles. The zero-order chi connectivity index (χ0) is 16.2. The number of nitrogens with two attached hydrogens (primary N) is 1. The average molecular weight is 309 g/mol. The Morgan fingerprint density at radius 3 is 2.78 bits per heavy atom. The molecule has 120 valence electrons. The van der Waals surface area contributed by atoms with Crippen LogP contribution in [0.5, 0.6) is 0 Å². The zero-order valence-corrected chi connectivity index (χ0v) is 13.5. The van der Waals surface area contributed by atoms with Gasteiger partial charge in [0.15, 0.2) is 0 Å². The summed E-state index contributed by atoms with van der Waals surface area (Å²) in [5, 5.41) is 2.97. The van der Waals surface area contributed by atoms with Crippen LogP contribution < -0.4 is 11.1 Å². The minimum atomic E-state index is 0.0272. The first-order valence-electron chi connectivity index (χ1n) is 8.05. The van der Waals surface area contributed by atoms with E-state index in [1.807, 2.05) is 31.2 Å². The highest BCUT2D eigenvalue weighted by atomic mass is 16.1. The van der Waals surface area contributed by atoms with Gasteiger partial charge in [0, 0.05) is 13.1 Å². The van der Waals surface area contributed by atoms with Crippen LogP contribution in [0.15, 0.2) is 48.5 Å². The second-order valence-corrected chi connectivity index (χ2v) is 6.29. The van der Waals surface area contributed by atoms with E-state index in [2.05, 4.69) is 34.5 Å². The van der Waals surface area contributed by atoms with E-state index in [1.54, 1.807) is 0 Å². The summed E-state index contributed by atoms with van der Waals surface area (Å²) < 4.78 is 0. The number of anilines is 2. The Morgan fingerprint density at radius 1 is 1.26 bits per heavy atom. The fourth-order valence-corrected chi connectivity index (χ4v) is 3.06. The Labute approximate surface area is 137 Å². The molecule has 2 aromatic rings. The summed E-state index contributed by atoms with van der Waals surface area (Å²) in [5.74, 6) is 0.0931. The van der Waals surface area contributed by atoms with Crippen LogP contribution in [0.25, 0.3) is 0 Å². The van der Waals surface area contributed by atoms with Gasteiger partial charge in [0.2, 0.25) is 5.91 Å². The van der Waals surface area contributed by atoms with Gasteiger partial charge in [0.1, 0.15) is 0 Å². The van der Waals surface area contributed by atoms with Crippen molar-refractivity contribution in [2.45, 2.75) is 19.9 Å². The number of carbonyl (C=O) groups excluding carboxylic acids is 1. The Balaban J connectivity index is 1.57. The van der Waals surface area contributed by atoms with Crippen molar-refractivity contribution in [1.82, 2.24) is 4.90 Å². The number of amides is 1. The van der Waals surface area contributed by atoms with Crippen molar-refractivity contribution >= 4 is 17.3 Å². The van der Waals surface area contributed by atoms with Crippen LogP contribution in [0.4, 0.5) is 11.4 Å². The summed E-state index contributed by atoms with van der Waals surface area (Å²) in [6, 6.07) is 16.1. The maximum Gasteiger partial charge on any atom is 0.228 e. The zero-order valence-electron chi connectivity index (χ0n) is 13.5. The van der Waals surface area contributed by atoms with E-state index in [9.17, 15) is 4.79 Å². The first kappa shape index (κ1) is 15.6. The summed E-state index contributed by atoms with van der Waals surface area (Å²) in [6.07, 6.45) is 0.893. The third-order valence-corrected chi connectivity index (χ3v) is 4.36. The molecule has 0 aliphatic carbocycles. The molecule has 1 saturated heterocycles. The third kappa shape index (κ3) is 3.90. The molecule has 0 saturated carbocycles. The normalized spacial score (nSPS) is 18.0. The van der Waals surface area contributed by atoms with Crippen molar-refractivity contribution in [2.75, 3.05) is 24.1 Å². The first-order valence-corrected chi connectivity index (χ1v) is 8.05. The molecule has 3 N–H and O–H groups in total. The van der Waals surface area contributed by atoms with Crippen LogP contribution in [0, 0.1) is 12.8 Å². The number of hydrogen-bond donors (Lipinski definition) is 2. The van der Waals surface area contributed by atoms with Gasteiger partial charge in [-0.2, -0.15) is 0 Å². The van der Waals surface area contributed by atoms with Gasteiger partial charge in [-0.15, -0.1) is 0 Å². The summed E-state index contributed by atoms with van der Waals surface area (Å²) in [7, 11) is 0. The second kappa shape index (κ2) is 6.84. The highest BCUT2D eigenvalue weighted by Gasteiger charge is 2.28. The number of benzene rings is 2. The van der Waals surface area contributed by atoms with Gasteiger partial charge in [-0.05, 0) is 43.1 Å². The molecule has 1 fully saturated rings. The van der Waals surface area contributed by atoms with Gasteiger partial charge in [-0.1, -0.05) is 36.4 Å². The summed E-state index contributed by atoms with van der Waals surface area (Å²) >= 11 is 0. The molecular formula is C19H23N3O. The van der Waals surface area contributed by atoms with Crippen LogP contribution >= 0.6 is 0 Å². The van der Waals surface area contributed by atoms with Crippen molar-refractivity contribution in [1.29, 1.82) is 0 Å². The predicted octanol–water partition coefficient (Wildman–Crippen LogP) is 3.04. The molecule has 1 heterocycles. The average Bonchev–Trinajstić information content (AvgIpc) is 3.00. The molecular weight excluding hydrogens is 286 g/mol. The first-order chi connectivity index (χ1) is 11.1. The number of aryl methyl sites for hydroxylation is 1. The molecule has 1 unspecified atom stereocenters. The number of rotatable bonds is 4. The van der Waals surface area contributed by atoms with Crippen LogP contribution in [-0.4, -0.2) is 23.9 Å². The molecule has 0 radical (unpaired) electrons. The number of carbonyl (C=O) groups is 1. The lowest BCUT2D eigenvalue weighted by atomic mass is 10.1. The number of nitrogen functional groups attached to an aromatic ring is 1. The van der Waals surface area contributed by atoms with E-state index >= 15 is 0 Å². The lowest BCUT2D eigenvalue weighted by Gasteiger charge is -2.16. The number of hydrogen-bond acceptors (Lipinski definition) is 3.